The van der Waals surface area contributed by atoms with Crippen molar-refractivity contribution in [3.8, 4) is 12.3 Å². The predicted octanol–water partition coefficient (Wildman–Crippen LogP) is 2.44. The molecule has 1 rings (SSSR count). The summed E-state index contributed by atoms with van der Waals surface area (Å²) in [6.07, 6.45) is 8.44. The molecule has 74 valence electrons. The Balaban J connectivity index is 2.70. The van der Waals surface area contributed by atoms with Gasteiger partial charge in [0.05, 0.1) is 0 Å². The third kappa shape index (κ3) is 2.06. The summed E-state index contributed by atoms with van der Waals surface area (Å²) in [5, 5.41) is 10.1. The Morgan fingerprint density at radius 1 is 1.46 bits per heavy atom. The summed E-state index contributed by atoms with van der Waals surface area (Å²) in [6, 6.07) is 0. The standard InChI is InChI=1S/C12H20O/c1-5-12(13)8-11(9(2)3)7-6-10(12)4/h1,9-11,13H,6-8H2,2-4H3/t10-,11-,12+/m0/s1. The van der Waals surface area contributed by atoms with Crippen LogP contribution in [0.3, 0.4) is 0 Å². The molecule has 1 heteroatoms. The normalized spacial score (nSPS) is 40.3. The highest BCUT2D eigenvalue weighted by Crippen LogP contribution is 2.39. The van der Waals surface area contributed by atoms with Gasteiger partial charge in [0.15, 0.2) is 0 Å². The summed E-state index contributed by atoms with van der Waals surface area (Å²) in [5.41, 5.74) is -0.840. The third-order valence-electron chi connectivity index (χ3n) is 3.55. The van der Waals surface area contributed by atoms with Gasteiger partial charge in [-0.25, -0.2) is 0 Å². The Labute approximate surface area is 81.5 Å². The molecule has 0 unspecified atom stereocenters. The van der Waals surface area contributed by atoms with Crippen LogP contribution in [0.25, 0.3) is 0 Å². The molecule has 0 aromatic heterocycles. The van der Waals surface area contributed by atoms with E-state index in [9.17, 15) is 5.11 Å². The van der Waals surface area contributed by atoms with Crippen molar-refractivity contribution in [1.29, 1.82) is 0 Å². The zero-order valence-corrected chi connectivity index (χ0v) is 8.88. The molecular formula is C12H20O. The predicted molar refractivity (Wildman–Crippen MR) is 55.1 cm³/mol. The van der Waals surface area contributed by atoms with Crippen molar-refractivity contribution >= 4 is 0 Å². The molecule has 1 N–H and O–H groups in total. The molecule has 0 radical (unpaired) electrons. The van der Waals surface area contributed by atoms with Crippen molar-refractivity contribution in [3.63, 3.8) is 0 Å². The summed E-state index contributed by atoms with van der Waals surface area (Å²) >= 11 is 0. The molecule has 0 aromatic carbocycles. The Morgan fingerprint density at radius 2 is 2.08 bits per heavy atom. The maximum Gasteiger partial charge on any atom is 0.128 e. The molecule has 0 spiro atoms. The molecular weight excluding hydrogens is 160 g/mol. The lowest BCUT2D eigenvalue weighted by Gasteiger charge is -2.39. The van der Waals surface area contributed by atoms with Crippen molar-refractivity contribution in [1.82, 2.24) is 0 Å². The van der Waals surface area contributed by atoms with Crippen LogP contribution in [0.1, 0.15) is 40.0 Å². The molecule has 0 bridgehead atoms. The van der Waals surface area contributed by atoms with E-state index in [-0.39, 0.29) is 5.92 Å². The average Bonchev–Trinajstić information content (AvgIpc) is 2.09. The first kappa shape index (κ1) is 10.6. The van der Waals surface area contributed by atoms with E-state index in [1.807, 2.05) is 0 Å². The number of terminal acetylenes is 1. The summed E-state index contributed by atoms with van der Waals surface area (Å²) < 4.78 is 0. The first-order valence-electron chi connectivity index (χ1n) is 5.19. The molecule has 1 saturated carbocycles. The van der Waals surface area contributed by atoms with Crippen LogP contribution in [0, 0.1) is 30.1 Å². The maximum atomic E-state index is 10.1. The monoisotopic (exact) mass is 180 g/mol. The van der Waals surface area contributed by atoms with E-state index in [4.69, 9.17) is 6.42 Å². The summed E-state index contributed by atoms with van der Waals surface area (Å²) in [6.45, 7) is 6.46. The zero-order valence-electron chi connectivity index (χ0n) is 8.88. The molecule has 13 heavy (non-hydrogen) atoms. The lowest BCUT2D eigenvalue weighted by Crippen LogP contribution is -2.42. The molecule has 0 saturated heterocycles. The van der Waals surface area contributed by atoms with Gasteiger partial charge in [-0.05, 0) is 37.0 Å². The van der Waals surface area contributed by atoms with Gasteiger partial charge < -0.3 is 5.11 Å². The molecule has 3 atom stereocenters. The van der Waals surface area contributed by atoms with Crippen LogP contribution in [-0.2, 0) is 0 Å². The smallest absolute Gasteiger partial charge is 0.128 e. The first-order valence-corrected chi connectivity index (χ1v) is 5.19. The van der Waals surface area contributed by atoms with Crippen molar-refractivity contribution in [3.05, 3.63) is 0 Å². The quantitative estimate of drug-likeness (QED) is 0.614. The number of rotatable bonds is 1. The Morgan fingerprint density at radius 3 is 2.54 bits per heavy atom. The summed E-state index contributed by atoms with van der Waals surface area (Å²) in [4.78, 5) is 0. The molecule has 0 amide bonds. The highest BCUT2D eigenvalue weighted by molar-refractivity contribution is 5.12. The van der Waals surface area contributed by atoms with Gasteiger partial charge in [-0.1, -0.05) is 26.7 Å². The lowest BCUT2D eigenvalue weighted by atomic mass is 9.69. The second-order valence-corrected chi connectivity index (χ2v) is 4.76. The van der Waals surface area contributed by atoms with Crippen molar-refractivity contribution < 1.29 is 5.11 Å². The fourth-order valence-corrected chi connectivity index (χ4v) is 2.18. The van der Waals surface area contributed by atoms with Crippen LogP contribution in [-0.4, -0.2) is 10.7 Å². The van der Waals surface area contributed by atoms with Crippen LogP contribution in [0.15, 0.2) is 0 Å². The van der Waals surface area contributed by atoms with Crippen molar-refractivity contribution in [2.24, 2.45) is 17.8 Å². The SMILES string of the molecule is C#C[C@@]1(O)C[C@@H](C(C)C)CC[C@@H]1C. The topological polar surface area (TPSA) is 20.2 Å². The highest BCUT2D eigenvalue weighted by Gasteiger charge is 2.39. The number of hydrogen-bond donors (Lipinski definition) is 1. The van der Waals surface area contributed by atoms with Gasteiger partial charge in [-0.15, -0.1) is 6.42 Å². The van der Waals surface area contributed by atoms with Gasteiger partial charge >= 0.3 is 0 Å². The van der Waals surface area contributed by atoms with E-state index in [0.29, 0.717) is 11.8 Å². The van der Waals surface area contributed by atoms with Crippen molar-refractivity contribution in [2.75, 3.05) is 0 Å². The number of hydrogen-bond acceptors (Lipinski definition) is 1. The molecule has 1 nitrogen and oxygen atoms in total. The molecule has 0 aliphatic heterocycles. The summed E-state index contributed by atoms with van der Waals surface area (Å²) in [5.74, 6) is 4.05. The minimum Gasteiger partial charge on any atom is -0.377 e. The van der Waals surface area contributed by atoms with Gasteiger partial charge in [-0.2, -0.15) is 0 Å². The maximum absolute atomic E-state index is 10.1. The van der Waals surface area contributed by atoms with Crippen LogP contribution in [0.4, 0.5) is 0 Å². The average molecular weight is 180 g/mol. The zero-order chi connectivity index (χ0) is 10.1. The lowest BCUT2D eigenvalue weighted by molar-refractivity contribution is -0.0180. The second-order valence-electron chi connectivity index (χ2n) is 4.76. The summed E-state index contributed by atoms with van der Waals surface area (Å²) in [7, 11) is 0. The first-order chi connectivity index (χ1) is 5.99. The van der Waals surface area contributed by atoms with Crippen molar-refractivity contribution in [2.45, 2.75) is 45.6 Å². The van der Waals surface area contributed by atoms with Gasteiger partial charge in [0, 0.05) is 0 Å². The van der Waals surface area contributed by atoms with Gasteiger partial charge in [0.2, 0.25) is 0 Å². The Bertz CT molecular complexity index is 214. The molecule has 1 aliphatic carbocycles. The van der Waals surface area contributed by atoms with E-state index in [1.54, 1.807) is 0 Å². The Kier molecular flexibility index (Phi) is 3.03. The minimum atomic E-state index is -0.840. The van der Waals surface area contributed by atoms with E-state index in [2.05, 4.69) is 26.7 Å². The van der Waals surface area contributed by atoms with Crippen LogP contribution < -0.4 is 0 Å². The van der Waals surface area contributed by atoms with E-state index in [1.165, 1.54) is 6.42 Å². The molecule has 1 fully saturated rings. The van der Waals surface area contributed by atoms with E-state index in [0.717, 1.165) is 12.8 Å². The Hall–Kier alpha value is -0.480. The van der Waals surface area contributed by atoms with Gasteiger partial charge in [-0.3, -0.25) is 0 Å². The van der Waals surface area contributed by atoms with Crippen LogP contribution in [0.2, 0.25) is 0 Å². The van der Waals surface area contributed by atoms with E-state index >= 15 is 0 Å². The third-order valence-corrected chi connectivity index (χ3v) is 3.55. The minimum absolute atomic E-state index is 0.257. The fourth-order valence-electron chi connectivity index (χ4n) is 2.18. The van der Waals surface area contributed by atoms with Gasteiger partial charge in [0.25, 0.3) is 0 Å². The molecule has 0 heterocycles. The molecule has 1 aliphatic rings. The highest BCUT2D eigenvalue weighted by atomic mass is 16.3. The van der Waals surface area contributed by atoms with Crippen LogP contribution >= 0.6 is 0 Å². The van der Waals surface area contributed by atoms with Crippen LogP contribution in [0.5, 0.6) is 0 Å². The fraction of sp³-hybridized carbons (Fsp3) is 0.833. The second kappa shape index (κ2) is 3.72. The van der Waals surface area contributed by atoms with E-state index < -0.39 is 5.60 Å². The largest absolute Gasteiger partial charge is 0.377 e. The van der Waals surface area contributed by atoms with Gasteiger partial charge in [0.1, 0.15) is 5.60 Å². The number of aliphatic hydroxyl groups is 1. The molecule has 0 aromatic rings.